The number of para-hydroxylation sites is 1. The molecule has 2 aromatic rings. The minimum absolute atomic E-state index is 0.212. The lowest BCUT2D eigenvalue weighted by atomic mass is 10.1. The highest BCUT2D eigenvalue weighted by molar-refractivity contribution is 7.92. The van der Waals surface area contributed by atoms with Crippen molar-refractivity contribution in [2.45, 2.75) is 32.8 Å². The Hall–Kier alpha value is -2.54. The molecule has 0 bridgehead atoms. The van der Waals surface area contributed by atoms with E-state index in [0.717, 1.165) is 23.9 Å². The van der Waals surface area contributed by atoms with Crippen molar-refractivity contribution in [2.24, 2.45) is 0 Å². The first-order valence-electron chi connectivity index (χ1n) is 8.85. The number of nitrogens with zero attached hydrogens (tertiary/aromatic N) is 1. The van der Waals surface area contributed by atoms with Crippen molar-refractivity contribution in [3.05, 3.63) is 54.1 Å². The van der Waals surface area contributed by atoms with Gasteiger partial charge in [-0.25, -0.2) is 8.42 Å². The molecule has 2 rings (SSSR count). The maximum Gasteiger partial charge on any atom is 0.265 e. The minimum Gasteiger partial charge on any atom is -0.481 e. The van der Waals surface area contributed by atoms with Crippen molar-refractivity contribution in [3.8, 4) is 5.75 Å². The first kappa shape index (κ1) is 20.8. The molecule has 2 aromatic carbocycles. The molecule has 0 heterocycles. The molecule has 27 heavy (non-hydrogen) atoms. The van der Waals surface area contributed by atoms with E-state index in [-0.39, 0.29) is 5.91 Å². The Morgan fingerprint density at radius 3 is 2.30 bits per heavy atom. The second-order valence-corrected chi connectivity index (χ2v) is 8.25. The third-order valence-corrected chi connectivity index (χ3v) is 5.50. The van der Waals surface area contributed by atoms with Crippen LogP contribution < -0.4 is 14.4 Å². The predicted molar refractivity (Wildman–Crippen MR) is 109 cm³/mol. The number of amides is 1. The number of aryl methyl sites for hydroxylation is 1. The predicted octanol–water partition coefficient (Wildman–Crippen LogP) is 3.44. The number of sulfonamides is 1. The molecule has 0 aromatic heterocycles. The van der Waals surface area contributed by atoms with Gasteiger partial charge in [0.1, 0.15) is 5.75 Å². The molecular weight excluding hydrogens is 364 g/mol. The van der Waals surface area contributed by atoms with Crippen molar-refractivity contribution in [2.75, 3.05) is 22.9 Å². The normalized spacial score (nSPS) is 12.3. The summed E-state index contributed by atoms with van der Waals surface area (Å²) < 4.78 is 30.2. The Bertz CT molecular complexity index is 879. The fourth-order valence-electron chi connectivity index (χ4n) is 2.58. The van der Waals surface area contributed by atoms with Gasteiger partial charge in [0, 0.05) is 12.7 Å². The summed E-state index contributed by atoms with van der Waals surface area (Å²) in [5.41, 5.74) is 2.38. The van der Waals surface area contributed by atoms with E-state index in [1.54, 1.807) is 24.3 Å². The van der Waals surface area contributed by atoms with Crippen molar-refractivity contribution >= 4 is 27.3 Å². The number of anilines is 2. The lowest BCUT2D eigenvalue weighted by Crippen LogP contribution is -2.32. The highest BCUT2D eigenvalue weighted by atomic mass is 32.2. The Morgan fingerprint density at radius 1 is 1.11 bits per heavy atom. The van der Waals surface area contributed by atoms with Crippen LogP contribution in [0.25, 0.3) is 0 Å². The van der Waals surface area contributed by atoms with Gasteiger partial charge >= 0.3 is 0 Å². The average Bonchev–Trinajstić information content (AvgIpc) is 2.65. The summed E-state index contributed by atoms with van der Waals surface area (Å²) in [7, 11) is -1.84. The van der Waals surface area contributed by atoms with Gasteiger partial charge in [-0.15, -0.1) is 0 Å². The number of benzene rings is 2. The van der Waals surface area contributed by atoms with Crippen LogP contribution in [-0.4, -0.2) is 33.7 Å². The number of rotatable bonds is 8. The maximum atomic E-state index is 12.6. The molecule has 0 fully saturated rings. The molecule has 0 spiro atoms. The smallest absolute Gasteiger partial charge is 0.265 e. The van der Waals surface area contributed by atoms with Gasteiger partial charge in [0.25, 0.3) is 5.91 Å². The number of carbonyl (C=O) groups is 1. The third-order valence-electron chi connectivity index (χ3n) is 4.30. The Kier molecular flexibility index (Phi) is 6.85. The van der Waals surface area contributed by atoms with Gasteiger partial charge in [-0.1, -0.05) is 32.0 Å². The summed E-state index contributed by atoms with van der Waals surface area (Å²) in [6, 6.07) is 14.3. The monoisotopic (exact) mass is 390 g/mol. The molecule has 0 aliphatic rings. The molecule has 1 amide bonds. The number of ether oxygens (including phenoxy) is 1. The standard InChI is InChI=1S/C20H26N2O4S/c1-5-15-9-7-8-10-18(15)21-20(23)19(6-2)26-17-13-11-16(12-14-17)22(3)27(4,24)25/h7-14,19H,5-6H2,1-4H3,(H,21,23). The fraction of sp³-hybridized carbons (Fsp3) is 0.350. The Balaban J connectivity index is 2.09. The van der Waals surface area contributed by atoms with Crippen LogP contribution in [0.4, 0.5) is 11.4 Å². The second kappa shape index (κ2) is 8.90. The summed E-state index contributed by atoms with van der Waals surface area (Å²) >= 11 is 0. The topological polar surface area (TPSA) is 75.7 Å². The molecule has 1 atom stereocenters. The zero-order valence-corrected chi connectivity index (χ0v) is 16.9. The fourth-order valence-corrected chi connectivity index (χ4v) is 3.08. The van der Waals surface area contributed by atoms with Crippen LogP contribution >= 0.6 is 0 Å². The Morgan fingerprint density at radius 2 is 1.74 bits per heavy atom. The van der Waals surface area contributed by atoms with Crippen LogP contribution in [0.2, 0.25) is 0 Å². The molecule has 0 saturated carbocycles. The van der Waals surface area contributed by atoms with E-state index in [4.69, 9.17) is 4.74 Å². The molecule has 1 unspecified atom stereocenters. The molecule has 0 aliphatic carbocycles. The highest BCUT2D eigenvalue weighted by Gasteiger charge is 2.20. The quantitative estimate of drug-likeness (QED) is 0.749. The van der Waals surface area contributed by atoms with Gasteiger partial charge < -0.3 is 10.1 Å². The molecule has 1 N–H and O–H groups in total. The third kappa shape index (κ3) is 5.47. The lowest BCUT2D eigenvalue weighted by Gasteiger charge is -2.20. The van der Waals surface area contributed by atoms with E-state index in [0.29, 0.717) is 17.9 Å². The van der Waals surface area contributed by atoms with Crippen LogP contribution in [0.3, 0.4) is 0 Å². The zero-order valence-electron chi connectivity index (χ0n) is 16.1. The van der Waals surface area contributed by atoms with Crippen LogP contribution in [0.15, 0.2) is 48.5 Å². The Labute approximate surface area is 161 Å². The first-order valence-corrected chi connectivity index (χ1v) is 10.7. The van der Waals surface area contributed by atoms with E-state index in [9.17, 15) is 13.2 Å². The molecular formula is C20H26N2O4S. The molecule has 6 nitrogen and oxygen atoms in total. The largest absolute Gasteiger partial charge is 0.481 e. The second-order valence-electron chi connectivity index (χ2n) is 6.24. The first-order chi connectivity index (χ1) is 12.8. The molecule has 0 saturated heterocycles. The molecule has 7 heteroatoms. The van der Waals surface area contributed by atoms with Gasteiger partial charge in [-0.3, -0.25) is 9.10 Å². The summed E-state index contributed by atoms with van der Waals surface area (Å²) in [6.07, 6.45) is 1.82. The van der Waals surface area contributed by atoms with Crippen molar-refractivity contribution in [3.63, 3.8) is 0 Å². The van der Waals surface area contributed by atoms with E-state index in [1.807, 2.05) is 38.1 Å². The number of nitrogens with one attached hydrogen (secondary N) is 1. The summed E-state index contributed by atoms with van der Waals surface area (Å²) in [4.78, 5) is 12.6. The number of hydrogen-bond acceptors (Lipinski definition) is 4. The van der Waals surface area contributed by atoms with E-state index in [2.05, 4.69) is 5.32 Å². The van der Waals surface area contributed by atoms with Gasteiger partial charge in [-0.2, -0.15) is 0 Å². The average molecular weight is 391 g/mol. The SMILES string of the molecule is CCc1ccccc1NC(=O)C(CC)Oc1ccc(N(C)S(C)(=O)=O)cc1. The van der Waals surface area contributed by atoms with E-state index < -0.39 is 16.1 Å². The summed E-state index contributed by atoms with van der Waals surface area (Å²) in [6.45, 7) is 3.91. The number of carbonyl (C=O) groups excluding carboxylic acids is 1. The lowest BCUT2D eigenvalue weighted by molar-refractivity contribution is -0.122. The molecule has 0 radical (unpaired) electrons. The van der Waals surface area contributed by atoms with Crippen LogP contribution in [0, 0.1) is 0 Å². The van der Waals surface area contributed by atoms with E-state index in [1.165, 1.54) is 11.4 Å². The van der Waals surface area contributed by atoms with E-state index >= 15 is 0 Å². The van der Waals surface area contributed by atoms with Crippen LogP contribution in [-0.2, 0) is 21.2 Å². The number of hydrogen-bond donors (Lipinski definition) is 1. The van der Waals surface area contributed by atoms with Gasteiger partial charge in [-0.05, 0) is 48.7 Å². The van der Waals surface area contributed by atoms with Crippen molar-refractivity contribution < 1.29 is 17.9 Å². The zero-order chi connectivity index (χ0) is 20.0. The van der Waals surface area contributed by atoms with Crippen molar-refractivity contribution in [1.82, 2.24) is 0 Å². The van der Waals surface area contributed by atoms with Gasteiger partial charge in [0.15, 0.2) is 6.10 Å². The summed E-state index contributed by atoms with van der Waals surface area (Å²) in [5.74, 6) is 0.294. The minimum atomic E-state index is -3.32. The van der Waals surface area contributed by atoms with Gasteiger partial charge in [0.05, 0.1) is 11.9 Å². The van der Waals surface area contributed by atoms with Gasteiger partial charge in [0.2, 0.25) is 10.0 Å². The molecule has 146 valence electrons. The summed E-state index contributed by atoms with van der Waals surface area (Å²) in [5, 5.41) is 2.93. The van der Waals surface area contributed by atoms with Crippen molar-refractivity contribution in [1.29, 1.82) is 0 Å². The van der Waals surface area contributed by atoms with Crippen LogP contribution in [0.5, 0.6) is 5.75 Å². The molecule has 0 aliphatic heterocycles. The van der Waals surface area contributed by atoms with Crippen LogP contribution in [0.1, 0.15) is 25.8 Å². The maximum absolute atomic E-state index is 12.6. The highest BCUT2D eigenvalue weighted by Crippen LogP contribution is 2.22.